The first kappa shape index (κ1) is 14.1. The van der Waals surface area contributed by atoms with Crippen molar-refractivity contribution in [2.45, 2.75) is 25.3 Å². The van der Waals surface area contributed by atoms with Gasteiger partial charge in [0.1, 0.15) is 5.69 Å². The molecule has 6 heteroatoms. The average molecular weight is 284 g/mol. The van der Waals surface area contributed by atoms with Gasteiger partial charge in [0.2, 0.25) is 0 Å². The molecular formula is C13H18ClN3O2. The summed E-state index contributed by atoms with van der Waals surface area (Å²) < 4.78 is 0. The van der Waals surface area contributed by atoms with Gasteiger partial charge in [-0.3, -0.25) is 10.1 Å². The quantitative estimate of drug-likeness (QED) is 0.684. The minimum Gasteiger partial charge on any atom is -0.377 e. The molecule has 1 N–H and O–H groups in total. The van der Waals surface area contributed by atoms with Crippen LogP contribution in [0.4, 0.5) is 11.4 Å². The van der Waals surface area contributed by atoms with E-state index in [-0.39, 0.29) is 16.7 Å². The van der Waals surface area contributed by atoms with Crippen LogP contribution in [-0.2, 0) is 0 Å². The van der Waals surface area contributed by atoms with Crippen LogP contribution in [0.1, 0.15) is 19.3 Å². The zero-order chi connectivity index (χ0) is 13.8. The molecule has 5 nitrogen and oxygen atoms in total. The van der Waals surface area contributed by atoms with E-state index in [9.17, 15) is 10.1 Å². The molecule has 1 heterocycles. The Morgan fingerprint density at radius 2 is 2.21 bits per heavy atom. The second-order valence-electron chi connectivity index (χ2n) is 4.99. The van der Waals surface area contributed by atoms with Crippen LogP contribution in [0.15, 0.2) is 18.2 Å². The minimum atomic E-state index is -0.374. The van der Waals surface area contributed by atoms with Crippen molar-refractivity contribution in [3.05, 3.63) is 33.3 Å². The SMILES string of the molecule is CN1CCCC(Nc2cc(Cl)ccc2[N+](=O)[O-])CC1. The molecule has 0 bridgehead atoms. The number of nitrogens with zero attached hydrogens (tertiary/aromatic N) is 2. The smallest absolute Gasteiger partial charge is 0.292 e. The van der Waals surface area contributed by atoms with Crippen LogP contribution in [0.2, 0.25) is 5.02 Å². The van der Waals surface area contributed by atoms with E-state index in [2.05, 4.69) is 17.3 Å². The Morgan fingerprint density at radius 1 is 1.42 bits per heavy atom. The Kier molecular flexibility index (Phi) is 4.61. The van der Waals surface area contributed by atoms with Crippen molar-refractivity contribution < 1.29 is 4.92 Å². The number of likely N-dealkylation sites (tertiary alicyclic amines) is 1. The number of hydrogen-bond acceptors (Lipinski definition) is 4. The zero-order valence-corrected chi connectivity index (χ0v) is 11.7. The van der Waals surface area contributed by atoms with E-state index in [0.29, 0.717) is 10.7 Å². The van der Waals surface area contributed by atoms with E-state index in [1.54, 1.807) is 12.1 Å². The first-order valence-corrected chi connectivity index (χ1v) is 6.83. The van der Waals surface area contributed by atoms with E-state index < -0.39 is 0 Å². The van der Waals surface area contributed by atoms with Gasteiger partial charge in [0.15, 0.2) is 0 Å². The predicted octanol–water partition coefficient (Wildman–Crippen LogP) is 3.14. The van der Waals surface area contributed by atoms with Crippen LogP contribution in [0.25, 0.3) is 0 Å². The van der Waals surface area contributed by atoms with Crippen molar-refractivity contribution in [3.63, 3.8) is 0 Å². The Hall–Kier alpha value is -1.33. The molecule has 0 saturated carbocycles. The molecule has 2 rings (SSSR count). The van der Waals surface area contributed by atoms with E-state index >= 15 is 0 Å². The molecule has 19 heavy (non-hydrogen) atoms. The van der Waals surface area contributed by atoms with Crippen molar-refractivity contribution >= 4 is 23.0 Å². The van der Waals surface area contributed by atoms with Crippen LogP contribution in [0.5, 0.6) is 0 Å². The largest absolute Gasteiger partial charge is 0.377 e. The highest BCUT2D eigenvalue weighted by atomic mass is 35.5. The summed E-state index contributed by atoms with van der Waals surface area (Å²) in [7, 11) is 2.10. The number of halogens is 1. The van der Waals surface area contributed by atoms with Gasteiger partial charge in [-0.1, -0.05) is 11.6 Å². The van der Waals surface area contributed by atoms with Gasteiger partial charge in [0, 0.05) is 17.1 Å². The molecule has 1 unspecified atom stereocenters. The number of nitro groups is 1. The summed E-state index contributed by atoms with van der Waals surface area (Å²) in [5, 5.41) is 14.8. The fourth-order valence-corrected chi connectivity index (χ4v) is 2.56. The topological polar surface area (TPSA) is 58.4 Å². The van der Waals surface area contributed by atoms with E-state index in [1.165, 1.54) is 6.07 Å². The number of benzene rings is 1. The molecule has 1 fully saturated rings. The van der Waals surface area contributed by atoms with Crippen LogP contribution in [0.3, 0.4) is 0 Å². The van der Waals surface area contributed by atoms with Gasteiger partial charge in [-0.15, -0.1) is 0 Å². The lowest BCUT2D eigenvalue weighted by atomic mass is 10.1. The Bertz CT molecular complexity index is 467. The van der Waals surface area contributed by atoms with Crippen molar-refractivity contribution in [1.29, 1.82) is 0 Å². The third kappa shape index (κ3) is 3.81. The number of nitro benzene ring substituents is 1. The monoisotopic (exact) mass is 283 g/mol. The molecule has 0 aliphatic carbocycles. The average Bonchev–Trinajstić information content (AvgIpc) is 2.54. The lowest BCUT2D eigenvalue weighted by Gasteiger charge is -2.18. The van der Waals surface area contributed by atoms with Crippen LogP contribution < -0.4 is 5.32 Å². The lowest BCUT2D eigenvalue weighted by Crippen LogP contribution is -2.23. The molecule has 1 saturated heterocycles. The number of anilines is 1. The predicted molar refractivity (Wildman–Crippen MR) is 76.9 cm³/mol. The fraction of sp³-hybridized carbons (Fsp3) is 0.538. The highest BCUT2D eigenvalue weighted by molar-refractivity contribution is 6.31. The molecule has 0 spiro atoms. The summed E-state index contributed by atoms with van der Waals surface area (Å²) >= 11 is 5.92. The second-order valence-corrected chi connectivity index (χ2v) is 5.43. The second kappa shape index (κ2) is 6.21. The van der Waals surface area contributed by atoms with Crippen LogP contribution >= 0.6 is 11.6 Å². The fourth-order valence-electron chi connectivity index (χ4n) is 2.39. The Labute approximate surface area is 117 Å². The van der Waals surface area contributed by atoms with Crippen molar-refractivity contribution in [1.82, 2.24) is 4.90 Å². The van der Waals surface area contributed by atoms with Crippen molar-refractivity contribution in [2.24, 2.45) is 0 Å². The summed E-state index contributed by atoms with van der Waals surface area (Å²) in [6.45, 7) is 2.09. The van der Waals surface area contributed by atoms with Gasteiger partial charge in [-0.2, -0.15) is 0 Å². The maximum Gasteiger partial charge on any atom is 0.292 e. The van der Waals surface area contributed by atoms with E-state index in [4.69, 9.17) is 11.6 Å². The molecule has 104 valence electrons. The van der Waals surface area contributed by atoms with Gasteiger partial charge in [0.05, 0.1) is 4.92 Å². The number of nitrogens with one attached hydrogen (secondary N) is 1. The lowest BCUT2D eigenvalue weighted by molar-refractivity contribution is -0.384. The zero-order valence-electron chi connectivity index (χ0n) is 10.9. The summed E-state index contributed by atoms with van der Waals surface area (Å²) in [6.07, 6.45) is 3.11. The van der Waals surface area contributed by atoms with Crippen LogP contribution in [0, 0.1) is 10.1 Å². The molecule has 1 aromatic carbocycles. The molecular weight excluding hydrogens is 266 g/mol. The molecule has 0 amide bonds. The third-order valence-electron chi connectivity index (χ3n) is 3.47. The number of hydrogen-bond donors (Lipinski definition) is 1. The number of rotatable bonds is 3. The molecule has 1 aliphatic rings. The van der Waals surface area contributed by atoms with Gasteiger partial charge in [-0.25, -0.2) is 0 Å². The Balaban J connectivity index is 2.13. The van der Waals surface area contributed by atoms with Crippen molar-refractivity contribution in [3.8, 4) is 0 Å². The maximum absolute atomic E-state index is 11.0. The van der Waals surface area contributed by atoms with Crippen LogP contribution in [-0.4, -0.2) is 36.0 Å². The molecule has 1 aliphatic heterocycles. The molecule has 0 aromatic heterocycles. The molecule has 1 atom stereocenters. The third-order valence-corrected chi connectivity index (χ3v) is 3.70. The maximum atomic E-state index is 11.0. The van der Waals surface area contributed by atoms with E-state index in [1.807, 2.05) is 0 Å². The summed E-state index contributed by atoms with van der Waals surface area (Å²) in [5.74, 6) is 0. The summed E-state index contributed by atoms with van der Waals surface area (Å²) in [4.78, 5) is 12.9. The molecule has 1 aromatic rings. The minimum absolute atomic E-state index is 0.0852. The molecule has 0 radical (unpaired) electrons. The summed E-state index contributed by atoms with van der Waals surface area (Å²) in [6, 6.07) is 4.90. The highest BCUT2D eigenvalue weighted by Gasteiger charge is 2.19. The Morgan fingerprint density at radius 3 is 2.95 bits per heavy atom. The normalized spacial score (nSPS) is 20.8. The van der Waals surface area contributed by atoms with Gasteiger partial charge >= 0.3 is 0 Å². The first-order chi connectivity index (χ1) is 9.06. The standard InChI is InChI=1S/C13H18ClN3O2/c1-16-7-2-3-11(6-8-16)15-12-9-10(14)4-5-13(12)17(18)19/h4-5,9,11,15H,2-3,6-8H2,1H3. The van der Waals surface area contributed by atoms with Gasteiger partial charge < -0.3 is 10.2 Å². The van der Waals surface area contributed by atoms with Crippen molar-refractivity contribution in [2.75, 3.05) is 25.5 Å². The van der Waals surface area contributed by atoms with Gasteiger partial charge in [0.25, 0.3) is 5.69 Å². The highest BCUT2D eigenvalue weighted by Crippen LogP contribution is 2.29. The van der Waals surface area contributed by atoms with Gasteiger partial charge in [-0.05, 0) is 51.5 Å². The van der Waals surface area contributed by atoms with E-state index in [0.717, 1.165) is 32.4 Å². The summed E-state index contributed by atoms with van der Waals surface area (Å²) in [5.41, 5.74) is 0.606. The first-order valence-electron chi connectivity index (χ1n) is 6.45.